The van der Waals surface area contributed by atoms with Crippen molar-refractivity contribution in [2.24, 2.45) is 0 Å². The van der Waals surface area contributed by atoms with Gasteiger partial charge in [0.25, 0.3) is 0 Å². The average molecular weight is 512 g/mol. The third-order valence-electron chi connectivity index (χ3n) is 3.97. The highest BCUT2D eigenvalue weighted by Crippen LogP contribution is 2.29. The molecule has 0 atom stereocenters. The van der Waals surface area contributed by atoms with Gasteiger partial charge in [-0.05, 0) is 30.7 Å². The molecule has 0 unspecified atom stereocenters. The Morgan fingerprint density at radius 2 is 2.24 bits per heavy atom. The van der Waals surface area contributed by atoms with Crippen molar-refractivity contribution in [3.05, 3.63) is 56.7 Å². The summed E-state index contributed by atoms with van der Waals surface area (Å²) in [6.07, 6.45) is 3.97. The smallest absolute Gasteiger partial charge is 0.234 e. The average Bonchev–Trinajstić information content (AvgIpc) is 3.30. The van der Waals surface area contributed by atoms with Crippen molar-refractivity contribution < 1.29 is 4.79 Å². The number of aromatic nitrogens is 3. The molecule has 0 saturated carbocycles. The third-order valence-corrected chi connectivity index (χ3v) is 6.74. The molecule has 0 aliphatic rings. The van der Waals surface area contributed by atoms with Crippen LogP contribution in [-0.2, 0) is 17.8 Å². The standard InChI is InChI=1S/C20H20BrClN4OS2/c1-3-5-15-9-13(11-28-15)19-24-25-20(26(19)8-4-2)29-12-18(27)23-17-7-6-14(21)10-16(17)22/h4,6-7,9-11H,2-3,5,8,12H2,1H3,(H,23,27). The molecule has 2 aromatic heterocycles. The molecular weight excluding hydrogens is 492 g/mol. The maximum atomic E-state index is 12.4. The van der Waals surface area contributed by atoms with E-state index in [1.807, 2.05) is 10.6 Å². The Balaban J connectivity index is 1.70. The van der Waals surface area contributed by atoms with Crippen molar-refractivity contribution in [1.82, 2.24) is 14.8 Å². The number of hydrogen-bond acceptors (Lipinski definition) is 5. The maximum absolute atomic E-state index is 12.4. The minimum atomic E-state index is -0.158. The van der Waals surface area contributed by atoms with Crippen molar-refractivity contribution in [1.29, 1.82) is 0 Å². The largest absolute Gasteiger partial charge is 0.324 e. The zero-order chi connectivity index (χ0) is 20.8. The molecule has 9 heteroatoms. The molecule has 1 aromatic carbocycles. The van der Waals surface area contributed by atoms with Gasteiger partial charge >= 0.3 is 0 Å². The van der Waals surface area contributed by atoms with E-state index >= 15 is 0 Å². The lowest BCUT2D eigenvalue weighted by Crippen LogP contribution is -2.15. The quantitative estimate of drug-likeness (QED) is 0.271. The van der Waals surface area contributed by atoms with Gasteiger partial charge in [-0.2, -0.15) is 0 Å². The Bertz CT molecular complexity index is 1020. The second-order valence-electron chi connectivity index (χ2n) is 6.22. The number of benzene rings is 1. The number of anilines is 1. The summed E-state index contributed by atoms with van der Waals surface area (Å²) in [5.74, 6) is 0.837. The van der Waals surface area contributed by atoms with E-state index in [1.165, 1.54) is 16.6 Å². The predicted octanol–water partition coefficient (Wildman–Crippen LogP) is 6.29. The molecule has 3 rings (SSSR count). The van der Waals surface area contributed by atoms with Gasteiger partial charge in [0, 0.05) is 26.8 Å². The number of thiophene rings is 1. The zero-order valence-electron chi connectivity index (χ0n) is 15.8. The van der Waals surface area contributed by atoms with E-state index in [1.54, 1.807) is 29.5 Å². The van der Waals surface area contributed by atoms with Crippen molar-refractivity contribution in [3.8, 4) is 11.4 Å². The lowest BCUT2D eigenvalue weighted by Gasteiger charge is -2.08. The van der Waals surface area contributed by atoms with Crippen LogP contribution in [0.3, 0.4) is 0 Å². The summed E-state index contributed by atoms with van der Waals surface area (Å²) in [6, 6.07) is 7.49. The van der Waals surface area contributed by atoms with Gasteiger partial charge < -0.3 is 5.32 Å². The Kier molecular flexibility index (Phi) is 7.94. The van der Waals surface area contributed by atoms with Gasteiger partial charge in [0.2, 0.25) is 5.91 Å². The summed E-state index contributed by atoms with van der Waals surface area (Å²) in [5.41, 5.74) is 1.63. The normalized spacial score (nSPS) is 10.9. The number of halogens is 2. The second-order valence-corrected chi connectivity index (χ2v) is 9.48. The summed E-state index contributed by atoms with van der Waals surface area (Å²) < 4.78 is 2.84. The van der Waals surface area contributed by atoms with E-state index in [-0.39, 0.29) is 11.7 Å². The third kappa shape index (κ3) is 5.72. The monoisotopic (exact) mass is 510 g/mol. The highest BCUT2D eigenvalue weighted by atomic mass is 79.9. The van der Waals surface area contributed by atoms with Gasteiger partial charge in [-0.1, -0.05) is 58.7 Å². The second kappa shape index (κ2) is 10.4. The predicted molar refractivity (Wildman–Crippen MR) is 126 cm³/mol. The molecule has 0 spiro atoms. The van der Waals surface area contributed by atoms with Crippen molar-refractivity contribution >= 4 is 62.2 Å². The van der Waals surface area contributed by atoms with Gasteiger partial charge in [0.05, 0.1) is 16.5 Å². The number of nitrogens with zero attached hydrogens (tertiary/aromatic N) is 3. The van der Waals surface area contributed by atoms with Crippen molar-refractivity contribution in [3.63, 3.8) is 0 Å². The van der Waals surface area contributed by atoms with Crippen LogP contribution in [0.1, 0.15) is 18.2 Å². The molecule has 0 radical (unpaired) electrons. The number of nitrogens with one attached hydrogen (secondary N) is 1. The van der Waals surface area contributed by atoms with Crippen molar-refractivity contribution in [2.45, 2.75) is 31.5 Å². The number of thioether (sulfide) groups is 1. The highest BCUT2D eigenvalue weighted by Gasteiger charge is 2.16. The SMILES string of the molecule is C=CCn1c(SCC(=O)Nc2ccc(Br)cc2Cl)nnc1-c1csc(CCC)c1. The van der Waals surface area contributed by atoms with E-state index in [2.05, 4.69) is 56.4 Å². The Labute approximate surface area is 191 Å². The van der Waals surface area contributed by atoms with Crippen LogP contribution >= 0.6 is 50.6 Å². The first-order chi connectivity index (χ1) is 14.0. The minimum absolute atomic E-state index is 0.158. The number of aryl methyl sites for hydroxylation is 1. The zero-order valence-corrected chi connectivity index (χ0v) is 19.8. The summed E-state index contributed by atoms with van der Waals surface area (Å²) in [7, 11) is 0. The van der Waals surface area contributed by atoms with Crippen LogP contribution in [-0.4, -0.2) is 26.4 Å². The van der Waals surface area contributed by atoms with Gasteiger partial charge in [0.1, 0.15) is 0 Å². The number of carbonyl (C=O) groups is 1. The lowest BCUT2D eigenvalue weighted by molar-refractivity contribution is -0.113. The van der Waals surface area contributed by atoms with Crippen LogP contribution in [0.2, 0.25) is 5.02 Å². The molecule has 5 nitrogen and oxygen atoms in total. The van der Waals surface area contributed by atoms with Crippen LogP contribution in [0.5, 0.6) is 0 Å². The summed E-state index contributed by atoms with van der Waals surface area (Å²) in [6.45, 7) is 6.57. The molecule has 3 aromatic rings. The first-order valence-corrected chi connectivity index (χ1v) is 12.0. The van der Waals surface area contributed by atoms with Crippen LogP contribution in [0.25, 0.3) is 11.4 Å². The van der Waals surface area contributed by atoms with E-state index in [9.17, 15) is 4.79 Å². The Morgan fingerprint density at radius 1 is 1.41 bits per heavy atom. The molecule has 29 heavy (non-hydrogen) atoms. The molecule has 0 aliphatic carbocycles. The molecule has 0 bridgehead atoms. The van der Waals surface area contributed by atoms with E-state index in [0.717, 1.165) is 28.7 Å². The van der Waals surface area contributed by atoms with Gasteiger partial charge in [0.15, 0.2) is 11.0 Å². The molecule has 1 amide bonds. The van der Waals surface area contributed by atoms with Crippen LogP contribution in [0.15, 0.2) is 51.9 Å². The van der Waals surface area contributed by atoms with Crippen LogP contribution < -0.4 is 5.32 Å². The number of carbonyl (C=O) groups excluding carboxylic acids is 1. The molecule has 0 aliphatic heterocycles. The van der Waals surface area contributed by atoms with E-state index < -0.39 is 0 Å². The topological polar surface area (TPSA) is 59.8 Å². The summed E-state index contributed by atoms with van der Waals surface area (Å²) >= 11 is 12.6. The number of hydrogen-bond donors (Lipinski definition) is 1. The Morgan fingerprint density at radius 3 is 2.97 bits per heavy atom. The van der Waals surface area contributed by atoms with Gasteiger partial charge in [-0.15, -0.1) is 28.1 Å². The fourth-order valence-corrected chi connectivity index (χ4v) is 5.12. The number of rotatable bonds is 9. The summed E-state index contributed by atoms with van der Waals surface area (Å²) in [5, 5.41) is 14.7. The number of allylic oxidation sites excluding steroid dienone is 1. The maximum Gasteiger partial charge on any atom is 0.234 e. The molecule has 1 N–H and O–H groups in total. The fraction of sp³-hybridized carbons (Fsp3) is 0.250. The molecule has 2 heterocycles. The molecule has 0 saturated heterocycles. The highest BCUT2D eigenvalue weighted by molar-refractivity contribution is 9.10. The van der Waals surface area contributed by atoms with Crippen molar-refractivity contribution in [2.75, 3.05) is 11.1 Å². The first-order valence-electron chi connectivity index (χ1n) is 9.01. The first kappa shape index (κ1) is 22.1. The number of amides is 1. The van der Waals surface area contributed by atoms with Crippen LogP contribution in [0, 0.1) is 0 Å². The minimum Gasteiger partial charge on any atom is -0.324 e. The Hall–Kier alpha value is -1.61. The summed E-state index contributed by atoms with van der Waals surface area (Å²) in [4.78, 5) is 13.7. The van der Waals surface area contributed by atoms with Gasteiger partial charge in [-0.25, -0.2) is 0 Å². The van der Waals surface area contributed by atoms with Crippen LogP contribution in [0.4, 0.5) is 5.69 Å². The van der Waals surface area contributed by atoms with Gasteiger partial charge in [-0.3, -0.25) is 9.36 Å². The fourth-order valence-electron chi connectivity index (χ4n) is 2.69. The molecule has 152 valence electrons. The van der Waals surface area contributed by atoms with E-state index in [0.29, 0.717) is 22.4 Å². The molecule has 0 fully saturated rings. The lowest BCUT2D eigenvalue weighted by atomic mass is 10.2. The molecular formula is C20H20BrClN4OS2. The van der Waals surface area contributed by atoms with E-state index in [4.69, 9.17) is 11.6 Å².